The predicted molar refractivity (Wildman–Crippen MR) is 104 cm³/mol. The second kappa shape index (κ2) is 8.56. The third-order valence-electron chi connectivity index (χ3n) is 5.33. The Morgan fingerprint density at radius 2 is 1.92 bits per heavy atom. The molecule has 1 aliphatic rings. The number of aliphatic hydroxyl groups excluding tert-OH is 1. The highest BCUT2D eigenvalue weighted by Gasteiger charge is 2.35. The molecule has 1 fully saturated rings. The summed E-state index contributed by atoms with van der Waals surface area (Å²) in [6.45, 7) is 0.763. The second-order valence-corrected chi connectivity index (χ2v) is 7.33. The molecule has 0 amide bonds. The number of benzene rings is 2. The van der Waals surface area contributed by atoms with E-state index in [2.05, 4.69) is 24.3 Å². The molecule has 1 aliphatic carbocycles. The van der Waals surface area contributed by atoms with Crippen LogP contribution in [0.3, 0.4) is 0 Å². The van der Waals surface area contributed by atoms with Gasteiger partial charge in [-0.1, -0.05) is 30.3 Å². The van der Waals surface area contributed by atoms with Gasteiger partial charge in [-0.05, 0) is 61.3 Å². The fourth-order valence-electron chi connectivity index (χ4n) is 3.70. The minimum atomic E-state index is -0.388. The van der Waals surface area contributed by atoms with Crippen LogP contribution >= 0.6 is 0 Å². The molecular weight excluding hydrogens is 326 g/mol. The number of rotatable bonds is 8. The normalized spacial score (nSPS) is 22.3. The topological polar surface area (TPSA) is 64.7 Å². The van der Waals surface area contributed by atoms with Crippen molar-refractivity contribution >= 4 is 0 Å². The van der Waals surface area contributed by atoms with Crippen molar-refractivity contribution in [3.8, 4) is 11.5 Å². The summed E-state index contributed by atoms with van der Waals surface area (Å²) >= 11 is 0. The van der Waals surface area contributed by atoms with Crippen molar-refractivity contribution in [2.45, 2.75) is 43.6 Å². The van der Waals surface area contributed by atoms with Gasteiger partial charge in [-0.25, -0.2) is 0 Å². The van der Waals surface area contributed by atoms with Crippen molar-refractivity contribution < 1.29 is 14.6 Å². The molecule has 2 aromatic carbocycles. The van der Waals surface area contributed by atoms with E-state index in [1.165, 1.54) is 11.1 Å². The molecule has 140 valence electrons. The average Bonchev–Trinajstić information content (AvgIpc) is 3.09. The van der Waals surface area contributed by atoms with Crippen LogP contribution in [0.15, 0.2) is 48.5 Å². The quantitative estimate of drug-likeness (QED) is 0.709. The van der Waals surface area contributed by atoms with Gasteiger partial charge in [-0.2, -0.15) is 0 Å². The lowest BCUT2D eigenvalue weighted by Crippen LogP contribution is -2.40. The molecule has 0 radical (unpaired) electrons. The van der Waals surface area contributed by atoms with Gasteiger partial charge >= 0.3 is 0 Å². The Balaban J connectivity index is 1.44. The fourth-order valence-corrected chi connectivity index (χ4v) is 3.70. The molecule has 2 aromatic rings. The van der Waals surface area contributed by atoms with Gasteiger partial charge < -0.3 is 20.3 Å². The molecule has 3 N–H and O–H groups in total. The number of aryl methyl sites for hydroxylation is 1. The van der Waals surface area contributed by atoms with Gasteiger partial charge in [0.1, 0.15) is 11.5 Å². The standard InChI is InChI=1S/C22H29NO3/c1-25-20-5-2-6-21(14-20)26-13-3-4-17-7-9-18(10-8-17)19-11-12-22(23,15-19)16-24/h2,5-10,14,19,24H,3-4,11-13,15-16,23H2,1H3/t19-,22-/m1/s1. The van der Waals surface area contributed by atoms with E-state index < -0.39 is 0 Å². The summed E-state index contributed by atoms with van der Waals surface area (Å²) < 4.78 is 11.0. The van der Waals surface area contributed by atoms with Gasteiger partial charge in [0, 0.05) is 11.6 Å². The van der Waals surface area contributed by atoms with Crippen LogP contribution in [0.5, 0.6) is 11.5 Å². The molecule has 0 spiro atoms. The maximum atomic E-state index is 9.42. The zero-order valence-electron chi connectivity index (χ0n) is 15.5. The number of methoxy groups -OCH3 is 1. The van der Waals surface area contributed by atoms with Crippen LogP contribution in [-0.4, -0.2) is 31.0 Å². The van der Waals surface area contributed by atoms with Crippen LogP contribution in [0.1, 0.15) is 42.7 Å². The Hall–Kier alpha value is -2.04. The molecule has 3 rings (SSSR count). The monoisotopic (exact) mass is 355 g/mol. The number of ether oxygens (including phenoxy) is 2. The number of hydrogen-bond acceptors (Lipinski definition) is 4. The maximum Gasteiger partial charge on any atom is 0.122 e. The van der Waals surface area contributed by atoms with E-state index in [0.717, 1.165) is 43.6 Å². The Bertz CT molecular complexity index is 701. The van der Waals surface area contributed by atoms with Crippen molar-refractivity contribution in [3.63, 3.8) is 0 Å². The van der Waals surface area contributed by atoms with Gasteiger partial charge in [-0.15, -0.1) is 0 Å². The molecule has 0 aromatic heterocycles. The van der Waals surface area contributed by atoms with E-state index >= 15 is 0 Å². The second-order valence-electron chi connectivity index (χ2n) is 7.33. The Morgan fingerprint density at radius 1 is 1.15 bits per heavy atom. The summed E-state index contributed by atoms with van der Waals surface area (Å²) in [7, 11) is 1.66. The molecule has 0 saturated heterocycles. The molecule has 1 saturated carbocycles. The molecular formula is C22H29NO3. The smallest absolute Gasteiger partial charge is 0.122 e. The fraction of sp³-hybridized carbons (Fsp3) is 0.455. The van der Waals surface area contributed by atoms with Crippen molar-refractivity contribution in [2.75, 3.05) is 20.3 Å². The summed E-state index contributed by atoms with van der Waals surface area (Å²) in [5, 5.41) is 9.42. The van der Waals surface area contributed by atoms with Gasteiger partial charge in [0.2, 0.25) is 0 Å². The molecule has 4 nitrogen and oxygen atoms in total. The van der Waals surface area contributed by atoms with E-state index in [4.69, 9.17) is 15.2 Å². The highest BCUT2D eigenvalue weighted by atomic mass is 16.5. The van der Waals surface area contributed by atoms with E-state index in [1.807, 2.05) is 24.3 Å². The van der Waals surface area contributed by atoms with E-state index in [1.54, 1.807) is 7.11 Å². The Morgan fingerprint density at radius 3 is 2.62 bits per heavy atom. The summed E-state index contributed by atoms with van der Waals surface area (Å²) in [6.07, 6.45) is 4.79. The largest absolute Gasteiger partial charge is 0.497 e. The number of nitrogens with two attached hydrogens (primary N) is 1. The van der Waals surface area contributed by atoms with Gasteiger partial charge in [0.15, 0.2) is 0 Å². The van der Waals surface area contributed by atoms with Crippen molar-refractivity contribution in [1.82, 2.24) is 0 Å². The lowest BCUT2D eigenvalue weighted by Gasteiger charge is -2.21. The Labute approximate surface area is 155 Å². The summed E-state index contributed by atoms with van der Waals surface area (Å²) in [5.74, 6) is 2.13. The van der Waals surface area contributed by atoms with E-state index in [0.29, 0.717) is 12.5 Å². The molecule has 0 unspecified atom stereocenters. The van der Waals surface area contributed by atoms with Crippen molar-refractivity contribution in [1.29, 1.82) is 0 Å². The lowest BCUT2D eigenvalue weighted by molar-refractivity contribution is 0.198. The first-order valence-electron chi connectivity index (χ1n) is 9.37. The predicted octanol–water partition coefficient (Wildman–Crippen LogP) is 3.66. The van der Waals surface area contributed by atoms with Crippen LogP contribution < -0.4 is 15.2 Å². The van der Waals surface area contributed by atoms with Crippen LogP contribution in [-0.2, 0) is 6.42 Å². The van der Waals surface area contributed by atoms with E-state index in [9.17, 15) is 5.11 Å². The first-order valence-corrected chi connectivity index (χ1v) is 9.37. The number of aliphatic hydroxyl groups is 1. The Kier molecular flexibility index (Phi) is 6.17. The lowest BCUT2D eigenvalue weighted by atomic mass is 9.93. The van der Waals surface area contributed by atoms with Gasteiger partial charge in [0.05, 0.1) is 20.3 Å². The van der Waals surface area contributed by atoms with E-state index in [-0.39, 0.29) is 12.1 Å². The SMILES string of the molecule is COc1cccc(OCCCc2ccc([C@@H]3CC[C@](N)(CO)C3)cc2)c1. The van der Waals surface area contributed by atoms with Crippen LogP contribution in [0.2, 0.25) is 0 Å². The van der Waals surface area contributed by atoms with Gasteiger partial charge in [0.25, 0.3) is 0 Å². The highest BCUT2D eigenvalue weighted by Crippen LogP contribution is 2.39. The van der Waals surface area contributed by atoms with Crippen LogP contribution in [0.25, 0.3) is 0 Å². The molecule has 4 heteroatoms. The molecule has 26 heavy (non-hydrogen) atoms. The summed E-state index contributed by atoms with van der Waals surface area (Å²) in [6, 6.07) is 16.5. The van der Waals surface area contributed by atoms with Crippen LogP contribution in [0.4, 0.5) is 0 Å². The first-order chi connectivity index (χ1) is 12.6. The molecule has 0 heterocycles. The number of hydrogen-bond donors (Lipinski definition) is 2. The maximum absolute atomic E-state index is 9.42. The molecule has 0 aliphatic heterocycles. The molecule has 2 atom stereocenters. The minimum Gasteiger partial charge on any atom is -0.497 e. The highest BCUT2D eigenvalue weighted by molar-refractivity contribution is 5.32. The third-order valence-corrected chi connectivity index (χ3v) is 5.33. The summed E-state index contributed by atoms with van der Waals surface area (Å²) in [4.78, 5) is 0. The third kappa shape index (κ3) is 4.77. The molecule has 0 bridgehead atoms. The summed E-state index contributed by atoms with van der Waals surface area (Å²) in [5.41, 5.74) is 8.46. The van der Waals surface area contributed by atoms with Crippen LogP contribution in [0, 0.1) is 0 Å². The van der Waals surface area contributed by atoms with Gasteiger partial charge in [-0.3, -0.25) is 0 Å². The minimum absolute atomic E-state index is 0.0782. The average molecular weight is 355 g/mol. The zero-order chi connectivity index (χ0) is 18.4. The zero-order valence-corrected chi connectivity index (χ0v) is 15.5. The van der Waals surface area contributed by atoms with Crippen molar-refractivity contribution in [2.24, 2.45) is 5.73 Å². The van der Waals surface area contributed by atoms with Crippen molar-refractivity contribution in [3.05, 3.63) is 59.7 Å². The first kappa shape index (κ1) is 18.7.